The van der Waals surface area contributed by atoms with E-state index in [0.717, 1.165) is 13.0 Å². The van der Waals surface area contributed by atoms with Gasteiger partial charge in [0.2, 0.25) is 5.91 Å². The monoisotopic (exact) mass is 494 g/mol. The number of hydrogen-bond donors (Lipinski definition) is 3. The number of guanidine groups is 1. The molecule has 6 heteroatoms. The molecule has 0 aliphatic carbocycles. The Morgan fingerprint density at radius 1 is 1.00 bits per heavy atom. The Hall–Kier alpha value is -2.09. The Morgan fingerprint density at radius 2 is 1.68 bits per heavy atom. The van der Waals surface area contributed by atoms with E-state index < -0.39 is 0 Å². The number of carbonyl (C=O) groups excluding carboxylic acids is 1. The first-order chi connectivity index (χ1) is 13.1. The first-order valence-electron chi connectivity index (χ1n) is 9.40. The smallest absolute Gasteiger partial charge is 0.239 e. The van der Waals surface area contributed by atoms with Gasteiger partial charge in [0.1, 0.15) is 0 Å². The van der Waals surface area contributed by atoms with E-state index in [-0.39, 0.29) is 36.4 Å². The number of nitrogens with one attached hydrogen (secondary N) is 3. The summed E-state index contributed by atoms with van der Waals surface area (Å²) >= 11 is 0. The van der Waals surface area contributed by atoms with Gasteiger partial charge >= 0.3 is 0 Å². The van der Waals surface area contributed by atoms with Crippen LogP contribution in [0.4, 0.5) is 0 Å². The summed E-state index contributed by atoms with van der Waals surface area (Å²) in [6, 6.07) is 18.7. The van der Waals surface area contributed by atoms with Gasteiger partial charge in [-0.05, 0) is 30.4 Å². The van der Waals surface area contributed by atoms with Crippen molar-refractivity contribution in [1.82, 2.24) is 16.0 Å². The van der Waals surface area contributed by atoms with Crippen LogP contribution in [0.25, 0.3) is 0 Å². The minimum absolute atomic E-state index is 0. The lowest BCUT2D eigenvalue weighted by atomic mass is 10.0. The lowest BCUT2D eigenvalue weighted by molar-refractivity contribution is -0.119. The number of rotatable bonds is 8. The van der Waals surface area contributed by atoms with E-state index in [1.807, 2.05) is 18.2 Å². The topological polar surface area (TPSA) is 65.5 Å². The Morgan fingerprint density at radius 3 is 2.32 bits per heavy atom. The fourth-order valence-electron chi connectivity index (χ4n) is 2.70. The lowest BCUT2D eigenvalue weighted by Gasteiger charge is -2.16. The number of amides is 1. The third-order valence-electron chi connectivity index (χ3n) is 4.44. The summed E-state index contributed by atoms with van der Waals surface area (Å²) < 4.78 is 0. The number of nitrogens with zero attached hydrogens (tertiary/aromatic N) is 1. The van der Waals surface area contributed by atoms with Gasteiger partial charge < -0.3 is 16.0 Å². The summed E-state index contributed by atoms with van der Waals surface area (Å²) in [6.45, 7) is 5.83. The number of halogens is 1. The Balaban J connectivity index is 0.00000392. The van der Waals surface area contributed by atoms with Crippen LogP contribution in [0.15, 0.2) is 59.6 Å². The fourth-order valence-corrected chi connectivity index (χ4v) is 2.70. The third-order valence-corrected chi connectivity index (χ3v) is 4.44. The van der Waals surface area contributed by atoms with Gasteiger partial charge in [0, 0.05) is 20.1 Å². The zero-order chi connectivity index (χ0) is 19.5. The van der Waals surface area contributed by atoms with Crippen molar-refractivity contribution in [3.8, 4) is 0 Å². The molecule has 0 aromatic heterocycles. The maximum absolute atomic E-state index is 12.0. The molecule has 1 unspecified atom stereocenters. The molecule has 5 nitrogen and oxygen atoms in total. The van der Waals surface area contributed by atoms with E-state index in [0.29, 0.717) is 18.4 Å². The average molecular weight is 494 g/mol. The molecule has 0 spiro atoms. The first-order valence-corrected chi connectivity index (χ1v) is 9.40. The van der Waals surface area contributed by atoms with Crippen LogP contribution in [0.1, 0.15) is 29.5 Å². The van der Waals surface area contributed by atoms with E-state index >= 15 is 0 Å². The van der Waals surface area contributed by atoms with Crippen LogP contribution in [0.2, 0.25) is 0 Å². The van der Waals surface area contributed by atoms with Crippen molar-refractivity contribution in [1.29, 1.82) is 0 Å². The molecule has 0 radical (unpaired) electrons. The van der Waals surface area contributed by atoms with Crippen LogP contribution in [0, 0.1) is 6.92 Å². The molecule has 0 fully saturated rings. The number of benzene rings is 2. The number of hydrogen-bond acceptors (Lipinski definition) is 2. The molecule has 3 N–H and O–H groups in total. The van der Waals surface area contributed by atoms with Crippen molar-refractivity contribution in [2.24, 2.45) is 4.99 Å². The zero-order valence-corrected chi connectivity index (χ0v) is 19.2. The van der Waals surface area contributed by atoms with Crippen molar-refractivity contribution < 1.29 is 4.79 Å². The van der Waals surface area contributed by atoms with Crippen molar-refractivity contribution in [3.63, 3.8) is 0 Å². The summed E-state index contributed by atoms with van der Waals surface area (Å²) in [6.07, 6.45) is 0.827. The Bertz CT molecular complexity index is 732. The molecule has 2 aromatic carbocycles. The van der Waals surface area contributed by atoms with Crippen LogP contribution >= 0.6 is 24.0 Å². The van der Waals surface area contributed by atoms with E-state index in [4.69, 9.17) is 0 Å². The average Bonchev–Trinajstić information content (AvgIpc) is 2.69. The molecule has 0 saturated heterocycles. The summed E-state index contributed by atoms with van der Waals surface area (Å²) in [5.41, 5.74) is 3.75. The van der Waals surface area contributed by atoms with Gasteiger partial charge in [0.15, 0.2) is 5.96 Å². The van der Waals surface area contributed by atoms with Crippen LogP contribution in [0.5, 0.6) is 0 Å². The lowest BCUT2D eigenvalue weighted by Crippen LogP contribution is -2.44. The van der Waals surface area contributed by atoms with Crippen LogP contribution in [-0.2, 0) is 11.2 Å². The summed E-state index contributed by atoms with van der Waals surface area (Å²) in [5, 5.41) is 9.26. The highest BCUT2D eigenvalue weighted by atomic mass is 127. The minimum Gasteiger partial charge on any atom is -0.356 e. The van der Waals surface area contributed by atoms with Crippen molar-refractivity contribution in [3.05, 3.63) is 71.3 Å². The van der Waals surface area contributed by atoms with E-state index in [9.17, 15) is 4.79 Å². The van der Waals surface area contributed by atoms with Gasteiger partial charge in [-0.15, -0.1) is 24.0 Å². The Labute approximate surface area is 185 Å². The largest absolute Gasteiger partial charge is 0.356 e. The minimum atomic E-state index is -0.0412. The molecule has 0 saturated carbocycles. The summed E-state index contributed by atoms with van der Waals surface area (Å²) in [5.74, 6) is 0.941. The highest BCUT2D eigenvalue weighted by Crippen LogP contribution is 2.14. The predicted molar refractivity (Wildman–Crippen MR) is 128 cm³/mol. The van der Waals surface area contributed by atoms with Gasteiger partial charge in [0.25, 0.3) is 0 Å². The maximum Gasteiger partial charge on any atom is 0.239 e. The number of aliphatic imine (C=N–C) groups is 1. The normalized spacial score (nSPS) is 11.9. The van der Waals surface area contributed by atoms with Gasteiger partial charge in [-0.2, -0.15) is 0 Å². The van der Waals surface area contributed by atoms with Crippen molar-refractivity contribution in [2.45, 2.75) is 26.2 Å². The SMILES string of the molecule is CN=C(NCC(=O)NCCc1ccccc1)NCC(C)c1ccc(C)cc1.I. The molecule has 0 aliphatic heterocycles. The molecule has 2 aromatic rings. The molecular weight excluding hydrogens is 463 g/mol. The van der Waals surface area contributed by atoms with E-state index in [2.05, 4.69) is 71.2 Å². The van der Waals surface area contributed by atoms with Gasteiger partial charge in [-0.3, -0.25) is 9.79 Å². The second-order valence-corrected chi connectivity index (χ2v) is 6.70. The molecule has 0 bridgehead atoms. The van der Waals surface area contributed by atoms with Crippen LogP contribution in [-0.4, -0.2) is 38.5 Å². The van der Waals surface area contributed by atoms with Crippen molar-refractivity contribution in [2.75, 3.05) is 26.7 Å². The molecule has 0 aliphatic rings. The van der Waals surface area contributed by atoms with E-state index in [1.165, 1.54) is 16.7 Å². The molecular formula is C22H31IN4O. The highest BCUT2D eigenvalue weighted by Gasteiger charge is 2.08. The quantitative estimate of drug-likeness (QED) is 0.300. The molecule has 0 heterocycles. The third kappa shape index (κ3) is 8.73. The van der Waals surface area contributed by atoms with Crippen molar-refractivity contribution >= 4 is 35.8 Å². The second-order valence-electron chi connectivity index (χ2n) is 6.70. The summed E-state index contributed by atoms with van der Waals surface area (Å²) in [4.78, 5) is 16.2. The maximum atomic E-state index is 12.0. The molecule has 1 amide bonds. The zero-order valence-electron chi connectivity index (χ0n) is 16.9. The highest BCUT2D eigenvalue weighted by molar-refractivity contribution is 14.0. The van der Waals surface area contributed by atoms with Crippen LogP contribution in [0.3, 0.4) is 0 Å². The van der Waals surface area contributed by atoms with Gasteiger partial charge in [0.05, 0.1) is 6.54 Å². The number of carbonyl (C=O) groups is 1. The molecule has 2 rings (SSSR count). The molecule has 152 valence electrons. The molecule has 1 atom stereocenters. The molecule has 28 heavy (non-hydrogen) atoms. The fraction of sp³-hybridized carbons (Fsp3) is 0.364. The second kappa shape index (κ2) is 13.1. The van der Waals surface area contributed by atoms with E-state index in [1.54, 1.807) is 7.05 Å². The number of aryl methyl sites for hydroxylation is 1. The Kier molecular flexibility index (Phi) is 11.2. The first kappa shape index (κ1) is 23.9. The summed E-state index contributed by atoms with van der Waals surface area (Å²) in [7, 11) is 1.71. The predicted octanol–water partition coefficient (Wildman–Crippen LogP) is 3.24. The standard InChI is InChI=1S/C22H30N4O.HI/c1-17-9-11-20(12-10-17)18(2)15-25-22(23-3)26-16-21(27)24-14-13-19-7-5-4-6-8-19;/h4-12,18H,13-16H2,1-3H3,(H,24,27)(H2,23,25,26);1H. The van der Waals surface area contributed by atoms with Gasteiger partial charge in [-0.1, -0.05) is 67.1 Å². The van der Waals surface area contributed by atoms with Crippen LogP contribution < -0.4 is 16.0 Å². The van der Waals surface area contributed by atoms with Gasteiger partial charge in [-0.25, -0.2) is 0 Å².